The molecule has 0 radical (unpaired) electrons. The van der Waals surface area contributed by atoms with Gasteiger partial charge in [-0.25, -0.2) is 4.98 Å². The number of nitro groups is 1. The van der Waals surface area contributed by atoms with E-state index in [4.69, 9.17) is 0 Å². The number of hydrogen-bond donors (Lipinski definition) is 0. The Bertz CT molecular complexity index is 692. The molecule has 1 fully saturated rings. The van der Waals surface area contributed by atoms with Crippen molar-refractivity contribution < 1.29 is 4.92 Å². The van der Waals surface area contributed by atoms with Crippen LogP contribution in [0.2, 0.25) is 0 Å². The summed E-state index contributed by atoms with van der Waals surface area (Å²) in [6, 6.07) is 14.0. The van der Waals surface area contributed by atoms with Gasteiger partial charge in [-0.3, -0.25) is 15.0 Å². The molecule has 0 amide bonds. The van der Waals surface area contributed by atoms with Crippen molar-refractivity contribution in [2.75, 3.05) is 24.5 Å². The molecular formula is C18H22N4O2. The quantitative estimate of drug-likeness (QED) is 0.638. The molecule has 126 valence electrons. The summed E-state index contributed by atoms with van der Waals surface area (Å²) in [6.45, 7) is 5.52. The summed E-state index contributed by atoms with van der Waals surface area (Å²) in [5.41, 5.74) is 1.38. The van der Waals surface area contributed by atoms with E-state index in [0.29, 0.717) is 11.9 Å². The molecule has 2 aromatic rings. The van der Waals surface area contributed by atoms with Gasteiger partial charge in [-0.1, -0.05) is 30.3 Å². The molecule has 1 unspecified atom stereocenters. The molecule has 1 aromatic heterocycles. The first kappa shape index (κ1) is 16.4. The van der Waals surface area contributed by atoms with Gasteiger partial charge < -0.3 is 4.90 Å². The van der Waals surface area contributed by atoms with Gasteiger partial charge in [0.05, 0.1) is 4.92 Å². The molecule has 3 rings (SSSR count). The highest BCUT2D eigenvalue weighted by molar-refractivity contribution is 5.57. The van der Waals surface area contributed by atoms with Crippen molar-refractivity contribution in [2.45, 2.75) is 25.9 Å². The molecule has 0 saturated carbocycles. The van der Waals surface area contributed by atoms with Gasteiger partial charge in [0, 0.05) is 44.5 Å². The summed E-state index contributed by atoms with van der Waals surface area (Å²) in [5, 5.41) is 11.2. The van der Waals surface area contributed by atoms with E-state index in [2.05, 4.69) is 41.1 Å². The predicted octanol–water partition coefficient (Wildman–Crippen LogP) is 3.09. The Kier molecular flexibility index (Phi) is 5.05. The first-order chi connectivity index (χ1) is 11.6. The molecule has 0 bridgehead atoms. The van der Waals surface area contributed by atoms with Crippen LogP contribution in [-0.2, 0) is 6.54 Å². The van der Waals surface area contributed by atoms with E-state index in [9.17, 15) is 10.1 Å². The zero-order valence-corrected chi connectivity index (χ0v) is 13.8. The standard InChI is InChI=1S/C18H22N4O2/c1-15-9-11-20(18-17(22(23)24)8-5-10-19-18)12-13-21(15)14-16-6-3-2-4-7-16/h2-8,10,15H,9,11-14H2,1H3. The van der Waals surface area contributed by atoms with Crippen molar-refractivity contribution in [1.82, 2.24) is 9.88 Å². The fraction of sp³-hybridized carbons (Fsp3) is 0.389. The Hall–Kier alpha value is -2.47. The minimum absolute atomic E-state index is 0.0849. The van der Waals surface area contributed by atoms with Gasteiger partial charge in [0.2, 0.25) is 5.82 Å². The summed E-state index contributed by atoms with van der Waals surface area (Å²) < 4.78 is 0. The minimum Gasteiger partial charge on any atom is -0.350 e. The molecule has 0 spiro atoms. The number of rotatable bonds is 4. The van der Waals surface area contributed by atoms with Gasteiger partial charge >= 0.3 is 5.69 Å². The lowest BCUT2D eigenvalue weighted by molar-refractivity contribution is -0.384. The van der Waals surface area contributed by atoms with Crippen molar-refractivity contribution in [3.8, 4) is 0 Å². The summed E-state index contributed by atoms with van der Waals surface area (Å²) in [5.74, 6) is 0.483. The third kappa shape index (κ3) is 3.71. The monoisotopic (exact) mass is 326 g/mol. The fourth-order valence-electron chi connectivity index (χ4n) is 3.15. The fourth-order valence-corrected chi connectivity index (χ4v) is 3.15. The molecule has 0 N–H and O–H groups in total. The third-order valence-corrected chi connectivity index (χ3v) is 4.59. The van der Waals surface area contributed by atoms with Gasteiger partial charge in [-0.05, 0) is 25.0 Å². The molecule has 6 heteroatoms. The predicted molar refractivity (Wildman–Crippen MR) is 94.0 cm³/mol. The number of benzene rings is 1. The van der Waals surface area contributed by atoms with Crippen LogP contribution in [0.4, 0.5) is 11.5 Å². The highest BCUT2D eigenvalue weighted by Crippen LogP contribution is 2.27. The molecule has 24 heavy (non-hydrogen) atoms. The Morgan fingerprint density at radius 2 is 1.96 bits per heavy atom. The first-order valence-electron chi connectivity index (χ1n) is 8.27. The number of pyridine rings is 1. The van der Waals surface area contributed by atoms with Crippen molar-refractivity contribution in [2.24, 2.45) is 0 Å². The topological polar surface area (TPSA) is 62.5 Å². The van der Waals surface area contributed by atoms with E-state index in [-0.39, 0.29) is 10.6 Å². The second kappa shape index (κ2) is 7.40. The zero-order valence-electron chi connectivity index (χ0n) is 13.8. The molecule has 0 aliphatic carbocycles. The lowest BCUT2D eigenvalue weighted by Gasteiger charge is -2.26. The second-order valence-electron chi connectivity index (χ2n) is 6.18. The summed E-state index contributed by atoms with van der Waals surface area (Å²) in [7, 11) is 0. The summed E-state index contributed by atoms with van der Waals surface area (Å²) >= 11 is 0. The van der Waals surface area contributed by atoms with Crippen LogP contribution < -0.4 is 4.90 Å². The number of nitrogens with zero attached hydrogens (tertiary/aromatic N) is 4. The van der Waals surface area contributed by atoms with E-state index in [1.54, 1.807) is 12.3 Å². The van der Waals surface area contributed by atoms with Gasteiger partial charge in [0.25, 0.3) is 0 Å². The number of aromatic nitrogens is 1. The second-order valence-corrected chi connectivity index (χ2v) is 6.18. The first-order valence-corrected chi connectivity index (χ1v) is 8.27. The summed E-state index contributed by atoms with van der Waals surface area (Å²) in [6.07, 6.45) is 2.58. The SMILES string of the molecule is CC1CCN(c2ncccc2[N+](=O)[O-])CCN1Cc1ccccc1. The normalized spacial score (nSPS) is 19.0. The average molecular weight is 326 g/mol. The van der Waals surface area contributed by atoms with E-state index in [1.807, 2.05) is 11.0 Å². The maximum absolute atomic E-state index is 11.2. The summed E-state index contributed by atoms with van der Waals surface area (Å²) in [4.78, 5) is 19.6. The van der Waals surface area contributed by atoms with Crippen LogP contribution in [0, 0.1) is 10.1 Å². The van der Waals surface area contributed by atoms with E-state index >= 15 is 0 Å². The highest BCUT2D eigenvalue weighted by atomic mass is 16.6. The van der Waals surface area contributed by atoms with Crippen molar-refractivity contribution in [3.63, 3.8) is 0 Å². The van der Waals surface area contributed by atoms with E-state index < -0.39 is 0 Å². The molecule has 6 nitrogen and oxygen atoms in total. The molecular weight excluding hydrogens is 304 g/mol. The van der Waals surface area contributed by atoms with Gasteiger partial charge in [-0.2, -0.15) is 0 Å². The number of hydrogen-bond acceptors (Lipinski definition) is 5. The van der Waals surface area contributed by atoms with Crippen molar-refractivity contribution >= 4 is 11.5 Å². The van der Waals surface area contributed by atoms with Gasteiger partial charge in [-0.15, -0.1) is 0 Å². The molecule has 1 saturated heterocycles. The van der Waals surface area contributed by atoms with Gasteiger partial charge in [0.1, 0.15) is 0 Å². The van der Waals surface area contributed by atoms with Crippen LogP contribution in [0.15, 0.2) is 48.7 Å². The average Bonchev–Trinajstić information content (AvgIpc) is 2.78. The van der Waals surface area contributed by atoms with Crippen molar-refractivity contribution in [3.05, 3.63) is 64.3 Å². The Balaban J connectivity index is 1.74. The minimum atomic E-state index is -0.349. The zero-order chi connectivity index (χ0) is 16.9. The molecule has 1 atom stereocenters. The lowest BCUT2D eigenvalue weighted by Crippen LogP contribution is -2.34. The Morgan fingerprint density at radius 1 is 1.17 bits per heavy atom. The van der Waals surface area contributed by atoms with Gasteiger partial charge in [0.15, 0.2) is 0 Å². The van der Waals surface area contributed by atoms with Crippen molar-refractivity contribution in [1.29, 1.82) is 0 Å². The van der Waals surface area contributed by atoms with E-state index in [0.717, 1.165) is 32.6 Å². The van der Waals surface area contributed by atoms with E-state index in [1.165, 1.54) is 11.6 Å². The van der Waals surface area contributed by atoms with Crippen LogP contribution in [0.25, 0.3) is 0 Å². The lowest BCUT2D eigenvalue weighted by atomic mass is 10.1. The molecule has 2 heterocycles. The Labute approximate surface area is 141 Å². The van der Waals surface area contributed by atoms with Crippen LogP contribution in [0.1, 0.15) is 18.9 Å². The third-order valence-electron chi connectivity index (χ3n) is 4.59. The maximum Gasteiger partial charge on any atom is 0.311 e. The molecule has 1 aromatic carbocycles. The number of anilines is 1. The van der Waals surface area contributed by atoms with Crippen LogP contribution in [-0.4, -0.2) is 40.5 Å². The maximum atomic E-state index is 11.2. The highest BCUT2D eigenvalue weighted by Gasteiger charge is 2.26. The van der Waals surface area contributed by atoms with Crippen LogP contribution in [0.3, 0.4) is 0 Å². The largest absolute Gasteiger partial charge is 0.350 e. The Morgan fingerprint density at radius 3 is 2.71 bits per heavy atom. The van der Waals surface area contributed by atoms with Crippen LogP contribution >= 0.6 is 0 Å². The smallest absolute Gasteiger partial charge is 0.311 e. The van der Waals surface area contributed by atoms with Crippen LogP contribution in [0.5, 0.6) is 0 Å². The molecule has 1 aliphatic heterocycles. The molecule has 1 aliphatic rings.